The van der Waals surface area contributed by atoms with Crippen molar-refractivity contribution < 1.29 is 24.2 Å². The number of nitrogens with one attached hydrogen (secondary N) is 1. The van der Waals surface area contributed by atoms with E-state index in [1.165, 1.54) is 19.3 Å². The van der Waals surface area contributed by atoms with Crippen molar-refractivity contribution in [1.82, 2.24) is 25.5 Å². The Bertz CT molecular complexity index is 879. The molecule has 166 valence electrons. The van der Waals surface area contributed by atoms with Gasteiger partial charge in [0.05, 0.1) is 6.42 Å². The molecule has 1 aliphatic carbocycles. The fourth-order valence-corrected chi connectivity index (χ4v) is 3.65. The van der Waals surface area contributed by atoms with Crippen LogP contribution in [-0.4, -0.2) is 49.2 Å². The molecule has 1 saturated carbocycles. The van der Waals surface area contributed by atoms with Crippen LogP contribution in [0.2, 0.25) is 0 Å². The number of ketones is 1. The second-order valence-corrected chi connectivity index (χ2v) is 7.77. The van der Waals surface area contributed by atoms with E-state index in [9.17, 15) is 14.4 Å². The topological polar surface area (TPSA) is 136 Å². The maximum atomic E-state index is 12.6. The molecular formula is C21H27N5O5. The molecule has 0 saturated heterocycles. The van der Waals surface area contributed by atoms with Gasteiger partial charge < -0.3 is 15.2 Å². The average molecular weight is 429 g/mol. The average Bonchev–Trinajstić information content (AvgIpc) is 3.19. The Morgan fingerprint density at radius 3 is 2.61 bits per heavy atom. The first-order valence-corrected chi connectivity index (χ1v) is 10.5. The number of carboxylic acid groups (broad SMARTS) is 1. The number of carbonyl (C=O) groups is 3. The lowest BCUT2D eigenvalue weighted by molar-refractivity contribution is -0.139. The minimum absolute atomic E-state index is 0.00974. The van der Waals surface area contributed by atoms with E-state index in [1.54, 1.807) is 24.3 Å². The first kappa shape index (κ1) is 22.4. The molecule has 2 aromatic rings. The van der Waals surface area contributed by atoms with E-state index < -0.39 is 30.3 Å². The molecule has 1 aromatic carbocycles. The van der Waals surface area contributed by atoms with Gasteiger partial charge in [-0.15, -0.1) is 10.2 Å². The minimum atomic E-state index is -1.26. The van der Waals surface area contributed by atoms with Crippen LogP contribution in [-0.2, 0) is 33.9 Å². The number of Topliss-reactive ketones (excluding diaryl/α,β-unsaturated/α-hetero) is 1. The predicted molar refractivity (Wildman–Crippen MR) is 109 cm³/mol. The number of hydrogen-bond donors (Lipinski definition) is 2. The zero-order chi connectivity index (χ0) is 22.1. The van der Waals surface area contributed by atoms with E-state index >= 15 is 0 Å². The third kappa shape index (κ3) is 7.47. The Hall–Kier alpha value is -3.30. The first-order chi connectivity index (χ1) is 15.0. The highest BCUT2D eigenvalue weighted by Crippen LogP contribution is 2.25. The van der Waals surface area contributed by atoms with Gasteiger partial charge in [0.2, 0.25) is 0 Å². The zero-order valence-corrected chi connectivity index (χ0v) is 17.3. The van der Waals surface area contributed by atoms with Crippen LogP contribution in [0.3, 0.4) is 0 Å². The summed E-state index contributed by atoms with van der Waals surface area (Å²) in [6.07, 6.45) is 5.25. The standard InChI is InChI=1S/C21H27N5O5/c27-18(13-26-24-19(23-25-26)11-15-7-3-1-4-8-15)17(12-20(28)29)22-21(30)31-14-16-9-5-2-6-10-16/h2,5-6,9-10,15,17H,1,3-4,7-8,11-14H2,(H,22,30)(H,28,29). The van der Waals surface area contributed by atoms with Crippen LogP contribution in [0, 0.1) is 5.92 Å². The van der Waals surface area contributed by atoms with E-state index in [0.29, 0.717) is 11.7 Å². The van der Waals surface area contributed by atoms with Crippen molar-refractivity contribution >= 4 is 17.8 Å². The van der Waals surface area contributed by atoms with Crippen molar-refractivity contribution in [1.29, 1.82) is 0 Å². The second kappa shape index (κ2) is 11.2. The summed E-state index contributed by atoms with van der Waals surface area (Å²) in [6, 6.07) is 7.77. The predicted octanol–water partition coefficient (Wildman–Crippen LogP) is 2.13. The molecule has 1 aliphatic rings. The number of tetrazole rings is 1. The molecule has 10 nitrogen and oxygen atoms in total. The molecule has 0 bridgehead atoms. The number of carbonyl (C=O) groups excluding carboxylic acids is 2. The van der Waals surface area contributed by atoms with Gasteiger partial charge in [-0.1, -0.05) is 62.4 Å². The third-order valence-corrected chi connectivity index (χ3v) is 5.26. The number of amides is 1. The van der Waals surface area contributed by atoms with E-state index in [0.717, 1.165) is 29.6 Å². The molecule has 0 spiro atoms. The Kier molecular flexibility index (Phi) is 8.08. The van der Waals surface area contributed by atoms with Gasteiger partial charge >= 0.3 is 12.1 Å². The zero-order valence-electron chi connectivity index (χ0n) is 17.3. The van der Waals surface area contributed by atoms with Gasteiger partial charge in [-0.05, 0) is 16.7 Å². The summed E-state index contributed by atoms with van der Waals surface area (Å²) in [7, 11) is 0. The van der Waals surface area contributed by atoms with Crippen molar-refractivity contribution in [2.75, 3.05) is 0 Å². The number of alkyl carbamates (subject to hydrolysis) is 1. The van der Waals surface area contributed by atoms with Gasteiger partial charge in [0.15, 0.2) is 11.6 Å². The normalized spacial score (nSPS) is 15.2. The van der Waals surface area contributed by atoms with Crippen LogP contribution in [0.25, 0.3) is 0 Å². The minimum Gasteiger partial charge on any atom is -0.481 e. The SMILES string of the molecule is O=C(O)CC(NC(=O)OCc1ccccc1)C(=O)Cn1nnc(CC2CCCCC2)n1. The molecule has 1 fully saturated rings. The number of benzene rings is 1. The smallest absolute Gasteiger partial charge is 0.408 e. The van der Waals surface area contributed by atoms with Gasteiger partial charge in [-0.25, -0.2) is 4.79 Å². The summed E-state index contributed by atoms with van der Waals surface area (Å²) in [5.74, 6) is -0.653. The highest BCUT2D eigenvalue weighted by atomic mass is 16.5. The number of carboxylic acids is 1. The summed E-state index contributed by atoms with van der Waals surface area (Å²) in [5, 5.41) is 23.6. The van der Waals surface area contributed by atoms with Crippen LogP contribution in [0.4, 0.5) is 4.79 Å². The highest BCUT2D eigenvalue weighted by Gasteiger charge is 2.26. The van der Waals surface area contributed by atoms with Gasteiger partial charge in [0, 0.05) is 6.42 Å². The molecule has 2 N–H and O–H groups in total. The molecular weight excluding hydrogens is 402 g/mol. The van der Waals surface area contributed by atoms with Crippen molar-refractivity contribution in [3.63, 3.8) is 0 Å². The fourth-order valence-electron chi connectivity index (χ4n) is 3.65. The molecule has 1 aromatic heterocycles. The largest absolute Gasteiger partial charge is 0.481 e. The second-order valence-electron chi connectivity index (χ2n) is 7.77. The van der Waals surface area contributed by atoms with Crippen LogP contribution >= 0.6 is 0 Å². The first-order valence-electron chi connectivity index (χ1n) is 10.5. The Labute approximate surface area is 180 Å². The molecule has 1 heterocycles. The molecule has 1 unspecified atom stereocenters. The molecule has 10 heteroatoms. The lowest BCUT2D eigenvalue weighted by atomic mass is 9.87. The van der Waals surface area contributed by atoms with Gasteiger partial charge in [0.1, 0.15) is 19.2 Å². The molecule has 31 heavy (non-hydrogen) atoms. The maximum absolute atomic E-state index is 12.6. The van der Waals surface area contributed by atoms with Crippen LogP contribution < -0.4 is 5.32 Å². The van der Waals surface area contributed by atoms with Gasteiger partial charge in [-0.3, -0.25) is 9.59 Å². The summed E-state index contributed by atoms with van der Waals surface area (Å²) >= 11 is 0. The Morgan fingerprint density at radius 2 is 1.90 bits per heavy atom. The van der Waals surface area contributed by atoms with E-state index in [-0.39, 0.29) is 13.2 Å². The third-order valence-electron chi connectivity index (χ3n) is 5.26. The van der Waals surface area contributed by atoms with Crippen molar-refractivity contribution in [3.05, 3.63) is 41.7 Å². The molecule has 3 rings (SSSR count). The van der Waals surface area contributed by atoms with Crippen LogP contribution in [0.1, 0.15) is 49.9 Å². The number of hydrogen-bond acceptors (Lipinski definition) is 7. The Balaban J connectivity index is 1.52. The van der Waals surface area contributed by atoms with E-state index in [2.05, 4.69) is 20.7 Å². The summed E-state index contributed by atoms with van der Waals surface area (Å²) in [6.45, 7) is -0.273. The number of aromatic nitrogens is 4. The lowest BCUT2D eigenvalue weighted by Crippen LogP contribution is -2.44. The molecule has 0 aliphatic heterocycles. The quantitative estimate of drug-likeness (QED) is 0.586. The summed E-state index contributed by atoms with van der Waals surface area (Å²) in [4.78, 5) is 37.0. The molecule has 0 radical (unpaired) electrons. The van der Waals surface area contributed by atoms with Crippen molar-refractivity contribution in [2.45, 2.75) is 64.1 Å². The van der Waals surface area contributed by atoms with E-state index in [1.807, 2.05) is 6.07 Å². The number of rotatable bonds is 10. The van der Waals surface area contributed by atoms with Crippen LogP contribution in [0.5, 0.6) is 0 Å². The number of aliphatic carboxylic acids is 1. The monoisotopic (exact) mass is 429 g/mol. The van der Waals surface area contributed by atoms with E-state index in [4.69, 9.17) is 9.84 Å². The highest BCUT2D eigenvalue weighted by molar-refractivity contribution is 5.90. The summed E-state index contributed by atoms with van der Waals surface area (Å²) in [5.41, 5.74) is 0.774. The Morgan fingerprint density at radius 1 is 1.16 bits per heavy atom. The number of ether oxygens (including phenoxy) is 1. The lowest BCUT2D eigenvalue weighted by Gasteiger charge is -2.19. The molecule has 1 atom stereocenters. The molecule has 1 amide bonds. The fraction of sp³-hybridized carbons (Fsp3) is 0.524. The van der Waals surface area contributed by atoms with Crippen LogP contribution in [0.15, 0.2) is 30.3 Å². The maximum Gasteiger partial charge on any atom is 0.408 e. The van der Waals surface area contributed by atoms with Crippen molar-refractivity contribution in [2.24, 2.45) is 5.92 Å². The van der Waals surface area contributed by atoms with Gasteiger partial charge in [0.25, 0.3) is 0 Å². The van der Waals surface area contributed by atoms with Crippen molar-refractivity contribution in [3.8, 4) is 0 Å². The summed E-state index contributed by atoms with van der Waals surface area (Å²) < 4.78 is 5.08. The van der Waals surface area contributed by atoms with Gasteiger partial charge in [-0.2, -0.15) is 4.80 Å². The number of nitrogens with zero attached hydrogens (tertiary/aromatic N) is 4.